The standard InChI is InChI=1S/C12H13F2N3O/c1-9-16-11(18-17-9)7-15-8-12(13,14)10-5-3-2-4-6-10/h2-6,15H,7-8H2,1H3. The zero-order chi connectivity index (χ0) is 13.0. The zero-order valence-corrected chi connectivity index (χ0v) is 9.86. The first-order valence-corrected chi connectivity index (χ1v) is 5.51. The molecule has 4 nitrogen and oxygen atoms in total. The molecular weight excluding hydrogens is 240 g/mol. The molecule has 96 valence electrons. The Bertz CT molecular complexity index is 499. The van der Waals surface area contributed by atoms with Gasteiger partial charge in [0.2, 0.25) is 5.89 Å². The van der Waals surface area contributed by atoms with E-state index in [4.69, 9.17) is 4.52 Å². The lowest BCUT2D eigenvalue weighted by molar-refractivity contribution is -0.00394. The van der Waals surface area contributed by atoms with Crippen LogP contribution in [0, 0.1) is 6.92 Å². The van der Waals surface area contributed by atoms with Crippen LogP contribution in [0.2, 0.25) is 0 Å². The zero-order valence-electron chi connectivity index (χ0n) is 9.86. The Morgan fingerprint density at radius 3 is 2.61 bits per heavy atom. The van der Waals surface area contributed by atoms with Crippen molar-refractivity contribution in [1.82, 2.24) is 15.5 Å². The van der Waals surface area contributed by atoms with Gasteiger partial charge in [0.05, 0.1) is 13.1 Å². The molecule has 1 aromatic heterocycles. The fourth-order valence-corrected chi connectivity index (χ4v) is 1.52. The first-order chi connectivity index (χ1) is 8.58. The number of hydrogen-bond acceptors (Lipinski definition) is 4. The van der Waals surface area contributed by atoms with Gasteiger partial charge in [-0.15, -0.1) is 0 Å². The molecule has 0 aliphatic carbocycles. The van der Waals surface area contributed by atoms with Gasteiger partial charge in [-0.3, -0.25) is 0 Å². The molecule has 0 fully saturated rings. The molecule has 0 aliphatic heterocycles. The monoisotopic (exact) mass is 253 g/mol. The normalized spacial score (nSPS) is 11.7. The quantitative estimate of drug-likeness (QED) is 0.888. The van der Waals surface area contributed by atoms with Crippen molar-refractivity contribution < 1.29 is 13.3 Å². The SMILES string of the molecule is Cc1noc(CNCC(F)(F)c2ccccc2)n1. The summed E-state index contributed by atoms with van der Waals surface area (Å²) in [5.74, 6) is -2.13. The van der Waals surface area contributed by atoms with E-state index >= 15 is 0 Å². The third-order valence-corrected chi connectivity index (χ3v) is 2.39. The summed E-state index contributed by atoms with van der Waals surface area (Å²) in [4.78, 5) is 3.92. The maximum absolute atomic E-state index is 13.7. The van der Waals surface area contributed by atoms with Crippen molar-refractivity contribution in [2.45, 2.75) is 19.4 Å². The number of nitrogens with zero attached hydrogens (tertiary/aromatic N) is 2. The minimum Gasteiger partial charge on any atom is -0.338 e. The predicted octanol–water partition coefficient (Wildman–Crippen LogP) is 2.26. The number of alkyl halides is 2. The molecule has 0 aliphatic rings. The number of nitrogens with one attached hydrogen (secondary N) is 1. The van der Waals surface area contributed by atoms with Gasteiger partial charge >= 0.3 is 0 Å². The second kappa shape index (κ2) is 5.22. The lowest BCUT2D eigenvalue weighted by Gasteiger charge is -2.16. The van der Waals surface area contributed by atoms with Crippen molar-refractivity contribution in [2.75, 3.05) is 6.54 Å². The minimum absolute atomic E-state index is 0.0146. The number of rotatable bonds is 5. The van der Waals surface area contributed by atoms with E-state index < -0.39 is 12.5 Å². The van der Waals surface area contributed by atoms with Crippen LogP contribution in [0.5, 0.6) is 0 Å². The molecule has 18 heavy (non-hydrogen) atoms. The summed E-state index contributed by atoms with van der Waals surface area (Å²) in [7, 11) is 0. The van der Waals surface area contributed by atoms with E-state index in [1.54, 1.807) is 25.1 Å². The van der Waals surface area contributed by atoms with E-state index in [1.165, 1.54) is 12.1 Å². The summed E-state index contributed by atoms with van der Waals surface area (Å²) in [6.07, 6.45) is 0. The molecule has 0 bridgehead atoms. The Kier molecular flexibility index (Phi) is 3.66. The fraction of sp³-hybridized carbons (Fsp3) is 0.333. The summed E-state index contributed by atoms with van der Waals surface area (Å²) < 4.78 is 32.3. The number of aryl methyl sites for hydroxylation is 1. The number of benzene rings is 1. The topological polar surface area (TPSA) is 51.0 Å². The second-order valence-corrected chi connectivity index (χ2v) is 3.91. The van der Waals surface area contributed by atoms with Crippen LogP contribution in [-0.4, -0.2) is 16.7 Å². The molecule has 0 amide bonds. The van der Waals surface area contributed by atoms with Crippen molar-refractivity contribution in [3.63, 3.8) is 0 Å². The van der Waals surface area contributed by atoms with Crippen molar-refractivity contribution in [2.24, 2.45) is 0 Å². The number of aromatic nitrogens is 2. The summed E-state index contributed by atoms with van der Waals surface area (Å²) in [6.45, 7) is 1.33. The molecule has 0 spiro atoms. The minimum atomic E-state index is -2.92. The van der Waals surface area contributed by atoms with Crippen LogP contribution in [0.1, 0.15) is 17.3 Å². The fourth-order valence-electron chi connectivity index (χ4n) is 1.52. The summed E-state index contributed by atoms with van der Waals surface area (Å²) in [6, 6.07) is 7.68. The van der Waals surface area contributed by atoms with Gasteiger partial charge in [0, 0.05) is 5.56 Å². The van der Waals surface area contributed by atoms with Gasteiger partial charge < -0.3 is 9.84 Å². The van der Waals surface area contributed by atoms with Crippen LogP contribution in [-0.2, 0) is 12.5 Å². The maximum Gasteiger partial charge on any atom is 0.285 e. The molecule has 0 saturated carbocycles. The molecule has 2 aromatic rings. The average Bonchev–Trinajstić information content (AvgIpc) is 2.76. The highest BCUT2D eigenvalue weighted by molar-refractivity contribution is 5.20. The molecule has 0 saturated heterocycles. The van der Waals surface area contributed by atoms with Crippen LogP contribution in [0.3, 0.4) is 0 Å². The third kappa shape index (κ3) is 3.10. The molecule has 1 N–H and O–H groups in total. The molecule has 1 heterocycles. The smallest absolute Gasteiger partial charge is 0.285 e. The highest BCUT2D eigenvalue weighted by Crippen LogP contribution is 2.26. The number of halogens is 2. The van der Waals surface area contributed by atoms with E-state index in [-0.39, 0.29) is 12.1 Å². The van der Waals surface area contributed by atoms with Gasteiger partial charge in [0.15, 0.2) is 5.82 Å². The molecular formula is C12H13F2N3O. The Morgan fingerprint density at radius 2 is 2.00 bits per heavy atom. The van der Waals surface area contributed by atoms with Gasteiger partial charge in [-0.25, -0.2) is 0 Å². The van der Waals surface area contributed by atoms with E-state index in [9.17, 15) is 8.78 Å². The van der Waals surface area contributed by atoms with Gasteiger partial charge in [-0.05, 0) is 6.92 Å². The van der Waals surface area contributed by atoms with Crippen molar-refractivity contribution in [3.05, 3.63) is 47.6 Å². The van der Waals surface area contributed by atoms with Crippen LogP contribution < -0.4 is 5.32 Å². The molecule has 0 unspecified atom stereocenters. The molecule has 0 radical (unpaired) electrons. The van der Waals surface area contributed by atoms with Crippen molar-refractivity contribution >= 4 is 0 Å². The van der Waals surface area contributed by atoms with E-state index in [2.05, 4.69) is 15.5 Å². The molecule has 1 aromatic carbocycles. The number of hydrogen-bond donors (Lipinski definition) is 1. The largest absolute Gasteiger partial charge is 0.338 e. The average molecular weight is 253 g/mol. The van der Waals surface area contributed by atoms with Gasteiger partial charge in [0.1, 0.15) is 0 Å². The summed E-state index contributed by atoms with van der Waals surface area (Å²) >= 11 is 0. The maximum atomic E-state index is 13.7. The first-order valence-electron chi connectivity index (χ1n) is 5.51. The summed E-state index contributed by atoms with van der Waals surface area (Å²) in [5.41, 5.74) is -0.0146. The first kappa shape index (κ1) is 12.6. The Morgan fingerprint density at radius 1 is 1.28 bits per heavy atom. The lowest BCUT2D eigenvalue weighted by Crippen LogP contribution is -2.30. The van der Waals surface area contributed by atoms with Crippen LogP contribution in [0.4, 0.5) is 8.78 Å². The van der Waals surface area contributed by atoms with E-state index in [0.717, 1.165) is 0 Å². The Balaban J connectivity index is 1.89. The molecule has 6 heteroatoms. The van der Waals surface area contributed by atoms with Crippen LogP contribution in [0.15, 0.2) is 34.9 Å². The van der Waals surface area contributed by atoms with E-state index in [1.807, 2.05) is 0 Å². The van der Waals surface area contributed by atoms with Gasteiger partial charge in [-0.2, -0.15) is 13.8 Å². The van der Waals surface area contributed by atoms with Crippen LogP contribution in [0.25, 0.3) is 0 Å². The predicted molar refractivity (Wildman–Crippen MR) is 61.1 cm³/mol. The van der Waals surface area contributed by atoms with Crippen molar-refractivity contribution in [1.29, 1.82) is 0 Å². The van der Waals surface area contributed by atoms with Gasteiger partial charge in [-0.1, -0.05) is 35.5 Å². The van der Waals surface area contributed by atoms with Crippen LogP contribution >= 0.6 is 0 Å². The second-order valence-electron chi connectivity index (χ2n) is 3.91. The third-order valence-electron chi connectivity index (χ3n) is 2.39. The lowest BCUT2D eigenvalue weighted by atomic mass is 10.1. The Labute approximate surface area is 103 Å². The van der Waals surface area contributed by atoms with Crippen molar-refractivity contribution in [3.8, 4) is 0 Å². The summed E-state index contributed by atoms with van der Waals surface area (Å²) in [5, 5.41) is 6.18. The highest BCUT2D eigenvalue weighted by atomic mass is 19.3. The van der Waals surface area contributed by atoms with Gasteiger partial charge in [0.25, 0.3) is 5.92 Å². The highest BCUT2D eigenvalue weighted by Gasteiger charge is 2.30. The van der Waals surface area contributed by atoms with E-state index in [0.29, 0.717) is 11.7 Å². The molecule has 2 rings (SSSR count). The Hall–Kier alpha value is -1.82. The molecule has 0 atom stereocenters.